The van der Waals surface area contributed by atoms with Gasteiger partial charge in [0.25, 0.3) is 5.91 Å². The van der Waals surface area contributed by atoms with Gasteiger partial charge in [0.1, 0.15) is 17.5 Å². The molecule has 0 aliphatic rings. The second-order valence-electron chi connectivity index (χ2n) is 8.12. The van der Waals surface area contributed by atoms with Gasteiger partial charge in [0.15, 0.2) is 6.61 Å². The van der Waals surface area contributed by atoms with Crippen molar-refractivity contribution in [1.82, 2.24) is 10.2 Å². The number of hydrogen-bond acceptors (Lipinski definition) is 4. The Kier molecular flexibility index (Phi) is 9.57. The highest BCUT2D eigenvalue weighted by molar-refractivity contribution is 9.10. The van der Waals surface area contributed by atoms with E-state index in [4.69, 9.17) is 9.47 Å². The fourth-order valence-electron chi connectivity index (χ4n) is 3.45. The zero-order valence-electron chi connectivity index (χ0n) is 19.7. The number of methoxy groups -OCH3 is 1. The first kappa shape index (κ1) is 25.7. The zero-order chi connectivity index (χ0) is 23.8. The fraction of sp³-hybridized carbons (Fsp3) is 0.440. The van der Waals surface area contributed by atoms with Gasteiger partial charge in [0.2, 0.25) is 5.91 Å². The average molecular weight is 505 g/mol. The number of rotatable bonds is 10. The Hall–Kier alpha value is -2.54. The van der Waals surface area contributed by atoms with E-state index in [0.717, 1.165) is 26.9 Å². The molecule has 32 heavy (non-hydrogen) atoms. The second kappa shape index (κ2) is 11.9. The summed E-state index contributed by atoms with van der Waals surface area (Å²) >= 11 is 3.54. The van der Waals surface area contributed by atoms with Crippen molar-refractivity contribution in [2.45, 2.75) is 59.7 Å². The van der Waals surface area contributed by atoms with Crippen LogP contribution in [0.5, 0.6) is 11.5 Å². The summed E-state index contributed by atoms with van der Waals surface area (Å²) in [4.78, 5) is 27.7. The summed E-state index contributed by atoms with van der Waals surface area (Å²) in [6.45, 7) is 9.82. The van der Waals surface area contributed by atoms with Crippen LogP contribution in [0, 0.1) is 13.8 Å². The Labute approximate surface area is 199 Å². The van der Waals surface area contributed by atoms with Gasteiger partial charge < -0.3 is 19.7 Å². The van der Waals surface area contributed by atoms with Gasteiger partial charge in [0, 0.05) is 17.1 Å². The van der Waals surface area contributed by atoms with E-state index >= 15 is 0 Å². The summed E-state index contributed by atoms with van der Waals surface area (Å²) in [7, 11) is 1.61. The smallest absolute Gasteiger partial charge is 0.261 e. The van der Waals surface area contributed by atoms with Gasteiger partial charge >= 0.3 is 0 Å². The maximum absolute atomic E-state index is 13.3. The number of benzene rings is 2. The predicted octanol–water partition coefficient (Wildman–Crippen LogP) is 4.79. The summed E-state index contributed by atoms with van der Waals surface area (Å²) in [6.07, 6.45) is 0.497. The van der Waals surface area contributed by atoms with Crippen molar-refractivity contribution >= 4 is 27.7 Å². The first-order valence-corrected chi connectivity index (χ1v) is 11.6. The topological polar surface area (TPSA) is 67.9 Å². The molecule has 0 saturated carbocycles. The zero-order valence-corrected chi connectivity index (χ0v) is 21.3. The van der Waals surface area contributed by atoms with Gasteiger partial charge in [-0.3, -0.25) is 9.59 Å². The van der Waals surface area contributed by atoms with Crippen molar-refractivity contribution < 1.29 is 19.1 Å². The highest BCUT2D eigenvalue weighted by Gasteiger charge is 2.29. The molecular formula is C25H33BrN2O4. The van der Waals surface area contributed by atoms with E-state index in [2.05, 4.69) is 21.2 Å². The summed E-state index contributed by atoms with van der Waals surface area (Å²) < 4.78 is 12.1. The van der Waals surface area contributed by atoms with E-state index < -0.39 is 6.04 Å². The third kappa shape index (κ3) is 6.99. The van der Waals surface area contributed by atoms with Crippen LogP contribution in [0.1, 0.15) is 43.9 Å². The standard InChI is InChI=1S/C25H33BrN2O4/c1-7-22(25(30)27-16(2)3)28(14-19-8-10-20(31-6)11-9-19)23(29)15-32-21-12-17(4)24(26)18(5)13-21/h8-13,16,22H,7,14-15H2,1-6H3,(H,27,30)/t22-/m0/s1. The molecule has 0 saturated heterocycles. The highest BCUT2D eigenvalue weighted by atomic mass is 79.9. The molecule has 0 bridgehead atoms. The molecule has 0 heterocycles. The number of halogens is 1. The van der Waals surface area contributed by atoms with E-state index in [1.54, 1.807) is 12.0 Å². The van der Waals surface area contributed by atoms with Crippen LogP contribution in [0.4, 0.5) is 0 Å². The van der Waals surface area contributed by atoms with E-state index in [-0.39, 0.29) is 24.5 Å². The number of carbonyl (C=O) groups is 2. The first-order valence-electron chi connectivity index (χ1n) is 10.8. The van der Waals surface area contributed by atoms with Crippen LogP contribution in [0.15, 0.2) is 40.9 Å². The monoisotopic (exact) mass is 504 g/mol. The molecule has 0 unspecified atom stereocenters. The second-order valence-corrected chi connectivity index (χ2v) is 8.91. The van der Waals surface area contributed by atoms with E-state index in [0.29, 0.717) is 18.7 Å². The summed E-state index contributed by atoms with van der Waals surface area (Å²) in [5.74, 6) is 0.950. The first-order chi connectivity index (χ1) is 15.2. The average Bonchev–Trinajstić information content (AvgIpc) is 2.75. The lowest BCUT2D eigenvalue weighted by atomic mass is 10.1. The molecule has 0 fully saturated rings. The molecule has 2 rings (SSSR count). The fourth-order valence-corrected chi connectivity index (χ4v) is 3.67. The van der Waals surface area contributed by atoms with Crippen LogP contribution in [0.3, 0.4) is 0 Å². The number of nitrogens with one attached hydrogen (secondary N) is 1. The number of amides is 2. The summed E-state index contributed by atoms with van der Waals surface area (Å²) in [5, 5.41) is 2.93. The van der Waals surface area contributed by atoms with E-state index in [1.807, 2.05) is 71.0 Å². The molecule has 0 radical (unpaired) electrons. The lowest BCUT2D eigenvalue weighted by Crippen LogP contribution is -2.51. The van der Waals surface area contributed by atoms with Crippen molar-refractivity contribution in [2.24, 2.45) is 0 Å². The van der Waals surface area contributed by atoms with Crippen LogP contribution in [-0.4, -0.2) is 42.5 Å². The van der Waals surface area contributed by atoms with Gasteiger partial charge in [-0.15, -0.1) is 0 Å². The maximum atomic E-state index is 13.3. The molecule has 2 aromatic carbocycles. The molecule has 2 amide bonds. The molecule has 0 aliphatic heterocycles. The lowest BCUT2D eigenvalue weighted by Gasteiger charge is -2.31. The van der Waals surface area contributed by atoms with Crippen molar-refractivity contribution in [1.29, 1.82) is 0 Å². The number of hydrogen-bond donors (Lipinski definition) is 1. The molecule has 0 aliphatic carbocycles. The van der Waals surface area contributed by atoms with Crippen molar-refractivity contribution in [2.75, 3.05) is 13.7 Å². The molecule has 0 aromatic heterocycles. The Morgan fingerprint density at radius 3 is 2.16 bits per heavy atom. The van der Waals surface area contributed by atoms with E-state index in [1.165, 1.54) is 0 Å². The minimum atomic E-state index is -0.594. The molecule has 1 N–H and O–H groups in total. The van der Waals surface area contributed by atoms with Crippen LogP contribution in [0.25, 0.3) is 0 Å². The number of aryl methyl sites for hydroxylation is 2. The highest BCUT2D eigenvalue weighted by Crippen LogP contribution is 2.26. The number of ether oxygens (including phenoxy) is 2. The summed E-state index contributed by atoms with van der Waals surface area (Å²) in [6, 6.07) is 10.7. The third-order valence-corrected chi connectivity index (χ3v) is 6.35. The molecule has 6 nitrogen and oxygen atoms in total. The Balaban J connectivity index is 2.24. The van der Waals surface area contributed by atoms with Gasteiger partial charge in [-0.25, -0.2) is 0 Å². The molecule has 2 aromatic rings. The largest absolute Gasteiger partial charge is 0.497 e. The van der Waals surface area contributed by atoms with Gasteiger partial charge in [-0.1, -0.05) is 35.0 Å². The summed E-state index contributed by atoms with van der Waals surface area (Å²) in [5.41, 5.74) is 2.97. The van der Waals surface area contributed by atoms with E-state index in [9.17, 15) is 9.59 Å². The van der Waals surface area contributed by atoms with Crippen molar-refractivity contribution in [3.8, 4) is 11.5 Å². The quantitative estimate of drug-likeness (QED) is 0.505. The van der Waals surface area contributed by atoms with Crippen LogP contribution >= 0.6 is 15.9 Å². The molecule has 1 atom stereocenters. The minimum Gasteiger partial charge on any atom is -0.497 e. The SMILES string of the molecule is CC[C@@H](C(=O)NC(C)C)N(Cc1ccc(OC)cc1)C(=O)COc1cc(C)c(Br)c(C)c1. The number of nitrogens with zero attached hydrogens (tertiary/aromatic N) is 1. The Morgan fingerprint density at radius 1 is 1.06 bits per heavy atom. The molecule has 174 valence electrons. The van der Waals surface area contributed by atoms with Gasteiger partial charge in [-0.2, -0.15) is 0 Å². The third-order valence-electron chi connectivity index (χ3n) is 5.10. The lowest BCUT2D eigenvalue weighted by molar-refractivity contribution is -0.143. The maximum Gasteiger partial charge on any atom is 0.261 e. The minimum absolute atomic E-state index is 0.0144. The Morgan fingerprint density at radius 2 is 1.66 bits per heavy atom. The number of carbonyl (C=O) groups excluding carboxylic acids is 2. The molecule has 7 heteroatoms. The van der Waals surface area contributed by atoms with Crippen molar-refractivity contribution in [3.05, 3.63) is 57.6 Å². The van der Waals surface area contributed by atoms with Gasteiger partial charge in [-0.05, 0) is 75.1 Å². The van der Waals surface area contributed by atoms with Crippen molar-refractivity contribution in [3.63, 3.8) is 0 Å². The predicted molar refractivity (Wildman–Crippen MR) is 130 cm³/mol. The normalized spacial score (nSPS) is 11.8. The van der Waals surface area contributed by atoms with Crippen LogP contribution < -0.4 is 14.8 Å². The van der Waals surface area contributed by atoms with Gasteiger partial charge in [0.05, 0.1) is 7.11 Å². The Bertz CT molecular complexity index is 905. The molecular weight excluding hydrogens is 472 g/mol. The van der Waals surface area contributed by atoms with Crippen LogP contribution in [-0.2, 0) is 16.1 Å². The van der Waals surface area contributed by atoms with Crippen LogP contribution in [0.2, 0.25) is 0 Å². The molecule has 0 spiro atoms.